The van der Waals surface area contributed by atoms with Crippen LogP contribution in [-0.4, -0.2) is 5.78 Å². The number of benzene rings is 2. The molecule has 2 aromatic carbocycles. The zero-order valence-corrected chi connectivity index (χ0v) is 12.3. The largest absolute Gasteiger partial charge is 0.399 e. The number of hydrogen-bond donors (Lipinski definition) is 1. The highest BCUT2D eigenvalue weighted by Gasteiger charge is 2.11. The minimum Gasteiger partial charge on any atom is -0.399 e. The van der Waals surface area contributed by atoms with Gasteiger partial charge in [0.25, 0.3) is 0 Å². The molecular formula is C18H21NO. The Bertz CT molecular complexity index is 629. The lowest BCUT2D eigenvalue weighted by atomic mass is 9.96. The maximum Gasteiger partial charge on any atom is 0.193 e. The molecule has 2 heteroatoms. The first-order chi connectivity index (χ1) is 9.47. The van der Waals surface area contributed by atoms with E-state index in [2.05, 4.69) is 19.9 Å². The highest BCUT2D eigenvalue weighted by molar-refractivity contribution is 6.09. The van der Waals surface area contributed by atoms with Crippen LogP contribution in [0.2, 0.25) is 0 Å². The highest BCUT2D eigenvalue weighted by atomic mass is 16.1. The molecule has 0 radical (unpaired) electrons. The van der Waals surface area contributed by atoms with E-state index in [0.29, 0.717) is 11.5 Å². The van der Waals surface area contributed by atoms with Gasteiger partial charge in [-0.05, 0) is 54.7 Å². The molecule has 104 valence electrons. The van der Waals surface area contributed by atoms with E-state index < -0.39 is 0 Å². The van der Waals surface area contributed by atoms with Crippen molar-refractivity contribution >= 4 is 11.5 Å². The summed E-state index contributed by atoms with van der Waals surface area (Å²) in [6.07, 6.45) is 0.988. The van der Waals surface area contributed by atoms with Crippen LogP contribution in [0.25, 0.3) is 0 Å². The van der Waals surface area contributed by atoms with Crippen LogP contribution in [0.4, 0.5) is 5.69 Å². The summed E-state index contributed by atoms with van der Waals surface area (Å²) in [7, 11) is 0. The Hall–Kier alpha value is -2.09. The molecule has 0 spiro atoms. The summed E-state index contributed by atoms with van der Waals surface area (Å²) in [5.41, 5.74) is 10.1. The average molecular weight is 267 g/mol. The number of nitrogens with two attached hydrogens (primary N) is 1. The number of carbonyl (C=O) groups excluding carboxylic acids is 1. The summed E-state index contributed by atoms with van der Waals surface area (Å²) >= 11 is 0. The maximum atomic E-state index is 12.5. The summed E-state index contributed by atoms with van der Waals surface area (Å²) in [6, 6.07) is 13.3. The summed E-state index contributed by atoms with van der Waals surface area (Å²) in [6.45, 7) is 6.27. The first kappa shape index (κ1) is 14.3. The number of ketones is 1. The minimum atomic E-state index is 0.0544. The fraction of sp³-hybridized carbons (Fsp3) is 0.278. The van der Waals surface area contributed by atoms with Crippen molar-refractivity contribution in [2.75, 3.05) is 5.73 Å². The number of carbonyl (C=O) groups is 1. The first-order valence-corrected chi connectivity index (χ1v) is 6.97. The highest BCUT2D eigenvalue weighted by Crippen LogP contribution is 2.18. The summed E-state index contributed by atoms with van der Waals surface area (Å²) < 4.78 is 0. The first-order valence-electron chi connectivity index (χ1n) is 6.97. The van der Waals surface area contributed by atoms with Crippen LogP contribution in [0.1, 0.15) is 40.9 Å². The Morgan fingerprint density at radius 3 is 2.45 bits per heavy atom. The van der Waals surface area contributed by atoms with Crippen LogP contribution < -0.4 is 5.73 Å². The molecule has 0 heterocycles. The van der Waals surface area contributed by atoms with Crippen LogP contribution in [0.15, 0.2) is 42.5 Å². The molecule has 0 saturated carbocycles. The average Bonchev–Trinajstić information content (AvgIpc) is 2.40. The van der Waals surface area contributed by atoms with Gasteiger partial charge in [-0.15, -0.1) is 0 Å². The molecule has 0 aromatic heterocycles. The van der Waals surface area contributed by atoms with E-state index >= 15 is 0 Å². The molecule has 2 rings (SSSR count). The van der Waals surface area contributed by atoms with Gasteiger partial charge in [0.2, 0.25) is 0 Å². The second kappa shape index (κ2) is 5.91. The summed E-state index contributed by atoms with van der Waals surface area (Å²) in [4.78, 5) is 12.5. The summed E-state index contributed by atoms with van der Waals surface area (Å²) in [5, 5.41) is 0. The predicted molar refractivity (Wildman–Crippen MR) is 84.0 cm³/mol. The lowest BCUT2D eigenvalue weighted by molar-refractivity contribution is 0.103. The quantitative estimate of drug-likeness (QED) is 0.672. The second-order valence-electron chi connectivity index (χ2n) is 5.70. The molecule has 0 amide bonds. The van der Waals surface area contributed by atoms with Gasteiger partial charge in [0.05, 0.1) is 0 Å². The minimum absolute atomic E-state index is 0.0544. The van der Waals surface area contributed by atoms with Crippen molar-refractivity contribution in [2.45, 2.75) is 27.2 Å². The number of aryl methyl sites for hydroxylation is 1. The SMILES string of the molecule is Cc1cc(C(=O)c2cccc(CC(C)C)c2)ccc1N. The van der Waals surface area contributed by atoms with Gasteiger partial charge in [0, 0.05) is 16.8 Å². The third-order valence-electron chi connectivity index (χ3n) is 3.37. The molecule has 0 atom stereocenters. The van der Waals surface area contributed by atoms with Gasteiger partial charge in [-0.3, -0.25) is 4.79 Å². The molecule has 20 heavy (non-hydrogen) atoms. The van der Waals surface area contributed by atoms with Crippen molar-refractivity contribution in [1.82, 2.24) is 0 Å². The lowest BCUT2D eigenvalue weighted by Crippen LogP contribution is -2.04. The fourth-order valence-corrected chi connectivity index (χ4v) is 2.29. The third kappa shape index (κ3) is 3.27. The second-order valence-corrected chi connectivity index (χ2v) is 5.70. The van der Waals surface area contributed by atoms with E-state index in [1.54, 1.807) is 12.1 Å². The van der Waals surface area contributed by atoms with Gasteiger partial charge in [0.15, 0.2) is 5.78 Å². The Morgan fingerprint density at radius 1 is 1.10 bits per heavy atom. The zero-order chi connectivity index (χ0) is 14.7. The molecule has 0 unspecified atom stereocenters. The molecule has 0 aliphatic heterocycles. The van der Waals surface area contributed by atoms with E-state index in [0.717, 1.165) is 23.2 Å². The van der Waals surface area contributed by atoms with Crippen molar-refractivity contribution in [3.05, 3.63) is 64.7 Å². The monoisotopic (exact) mass is 267 g/mol. The third-order valence-corrected chi connectivity index (χ3v) is 3.37. The normalized spacial score (nSPS) is 10.8. The van der Waals surface area contributed by atoms with E-state index in [1.165, 1.54) is 5.56 Å². The van der Waals surface area contributed by atoms with Crippen LogP contribution in [0.3, 0.4) is 0 Å². The van der Waals surface area contributed by atoms with E-state index in [-0.39, 0.29) is 5.78 Å². The summed E-state index contributed by atoms with van der Waals surface area (Å²) in [5.74, 6) is 0.637. The number of anilines is 1. The molecule has 2 N–H and O–H groups in total. The molecular weight excluding hydrogens is 246 g/mol. The number of hydrogen-bond acceptors (Lipinski definition) is 2. The molecule has 0 aliphatic rings. The van der Waals surface area contributed by atoms with Crippen LogP contribution in [0.5, 0.6) is 0 Å². The Kier molecular flexibility index (Phi) is 4.23. The number of rotatable bonds is 4. The Balaban J connectivity index is 2.30. The van der Waals surface area contributed by atoms with Crippen LogP contribution in [-0.2, 0) is 6.42 Å². The zero-order valence-electron chi connectivity index (χ0n) is 12.3. The van der Waals surface area contributed by atoms with Gasteiger partial charge in [-0.2, -0.15) is 0 Å². The van der Waals surface area contributed by atoms with Crippen molar-refractivity contribution in [1.29, 1.82) is 0 Å². The van der Waals surface area contributed by atoms with Crippen LogP contribution in [0, 0.1) is 12.8 Å². The van der Waals surface area contributed by atoms with Crippen molar-refractivity contribution < 1.29 is 4.79 Å². The van der Waals surface area contributed by atoms with Crippen molar-refractivity contribution in [3.8, 4) is 0 Å². The van der Waals surface area contributed by atoms with Gasteiger partial charge in [0.1, 0.15) is 0 Å². The van der Waals surface area contributed by atoms with Gasteiger partial charge >= 0.3 is 0 Å². The molecule has 0 saturated heterocycles. The Morgan fingerprint density at radius 2 is 1.80 bits per heavy atom. The standard InChI is InChI=1S/C18H21NO/c1-12(2)9-14-5-4-6-15(11-14)18(20)16-7-8-17(19)13(3)10-16/h4-8,10-12H,9,19H2,1-3H3. The van der Waals surface area contributed by atoms with Crippen LogP contribution >= 0.6 is 0 Å². The molecule has 2 aromatic rings. The molecule has 0 aliphatic carbocycles. The smallest absolute Gasteiger partial charge is 0.193 e. The van der Waals surface area contributed by atoms with E-state index in [9.17, 15) is 4.79 Å². The fourth-order valence-electron chi connectivity index (χ4n) is 2.29. The van der Waals surface area contributed by atoms with E-state index in [4.69, 9.17) is 5.73 Å². The molecule has 0 fully saturated rings. The van der Waals surface area contributed by atoms with Gasteiger partial charge < -0.3 is 5.73 Å². The predicted octanol–water partition coefficient (Wildman–Crippen LogP) is 4.01. The van der Waals surface area contributed by atoms with Gasteiger partial charge in [-0.25, -0.2) is 0 Å². The van der Waals surface area contributed by atoms with Gasteiger partial charge in [-0.1, -0.05) is 32.0 Å². The van der Waals surface area contributed by atoms with Crippen molar-refractivity contribution in [2.24, 2.45) is 5.92 Å². The number of nitrogen functional groups attached to an aromatic ring is 1. The van der Waals surface area contributed by atoms with E-state index in [1.807, 2.05) is 31.2 Å². The van der Waals surface area contributed by atoms with Crippen molar-refractivity contribution in [3.63, 3.8) is 0 Å². The lowest BCUT2D eigenvalue weighted by Gasteiger charge is -2.08. The molecule has 2 nitrogen and oxygen atoms in total. The topological polar surface area (TPSA) is 43.1 Å². The Labute approximate surface area is 120 Å². The molecule has 0 bridgehead atoms. The maximum absolute atomic E-state index is 12.5.